The van der Waals surface area contributed by atoms with Gasteiger partial charge in [-0.15, -0.1) is 0 Å². The monoisotopic (exact) mass is 227 g/mol. The lowest BCUT2D eigenvalue weighted by atomic mass is 10.1. The topological polar surface area (TPSA) is 86.0 Å². The molecule has 0 unspecified atom stereocenters. The second kappa shape index (κ2) is 4.49. The standard InChI is InChI=1S/C12H9N3O2/c13-6-9-8-4-2-1-3-5-10(8)15-12(9)14-7-11(16)17/h1-5H,7H2,(H,14,15)(H,16,17). The molecule has 2 N–H and O–H groups in total. The van der Waals surface area contributed by atoms with Crippen molar-refractivity contribution in [2.24, 2.45) is 0 Å². The number of carboxylic acids is 1. The normalized spacial score (nSPS) is 9.82. The number of carbonyl (C=O) groups is 1. The van der Waals surface area contributed by atoms with E-state index in [1.807, 2.05) is 24.3 Å². The number of nitrogens with zero attached hydrogens (tertiary/aromatic N) is 2. The van der Waals surface area contributed by atoms with E-state index in [2.05, 4.69) is 10.3 Å². The molecule has 5 heteroatoms. The summed E-state index contributed by atoms with van der Waals surface area (Å²) in [6.07, 6.45) is 0. The molecule has 0 saturated heterocycles. The van der Waals surface area contributed by atoms with E-state index in [4.69, 9.17) is 10.4 Å². The third-order valence-electron chi connectivity index (χ3n) is 2.27. The van der Waals surface area contributed by atoms with E-state index in [1.54, 1.807) is 12.1 Å². The second-order valence-corrected chi connectivity index (χ2v) is 3.40. The van der Waals surface area contributed by atoms with E-state index in [9.17, 15) is 4.79 Å². The van der Waals surface area contributed by atoms with Gasteiger partial charge in [-0.2, -0.15) is 5.26 Å². The molecule has 0 amide bonds. The van der Waals surface area contributed by atoms with Gasteiger partial charge in [0.1, 0.15) is 24.0 Å². The van der Waals surface area contributed by atoms with E-state index >= 15 is 0 Å². The van der Waals surface area contributed by atoms with Crippen molar-refractivity contribution < 1.29 is 9.90 Å². The minimum absolute atomic E-state index is 0.260. The number of anilines is 1. The second-order valence-electron chi connectivity index (χ2n) is 3.40. The van der Waals surface area contributed by atoms with Crippen LogP contribution in [0.15, 0.2) is 30.3 Å². The number of hydrogen-bond donors (Lipinski definition) is 2. The highest BCUT2D eigenvalue weighted by molar-refractivity contribution is 5.80. The summed E-state index contributed by atoms with van der Waals surface area (Å²) in [5.41, 5.74) is 1.75. The van der Waals surface area contributed by atoms with Gasteiger partial charge in [-0.3, -0.25) is 4.79 Å². The van der Waals surface area contributed by atoms with Crippen molar-refractivity contribution >= 4 is 11.8 Å². The molecule has 0 radical (unpaired) electrons. The molecular weight excluding hydrogens is 218 g/mol. The molecular formula is C12H9N3O2. The third-order valence-corrected chi connectivity index (χ3v) is 2.27. The van der Waals surface area contributed by atoms with Gasteiger partial charge >= 0.3 is 5.97 Å². The Hall–Kier alpha value is -2.61. The van der Waals surface area contributed by atoms with Crippen molar-refractivity contribution in [2.45, 2.75) is 0 Å². The fraction of sp³-hybridized carbons (Fsp3) is 0.0833. The lowest BCUT2D eigenvalue weighted by Gasteiger charge is -1.98. The van der Waals surface area contributed by atoms with Crippen LogP contribution in [0.2, 0.25) is 0 Å². The lowest BCUT2D eigenvalue weighted by Crippen LogP contribution is -2.13. The summed E-state index contributed by atoms with van der Waals surface area (Å²) in [5, 5.41) is 20.3. The predicted molar refractivity (Wildman–Crippen MR) is 61.7 cm³/mol. The fourth-order valence-electron chi connectivity index (χ4n) is 1.55. The summed E-state index contributed by atoms with van der Waals surface area (Å²) in [7, 11) is 0. The van der Waals surface area contributed by atoms with Gasteiger partial charge in [-0.05, 0) is 6.07 Å². The van der Waals surface area contributed by atoms with Crippen molar-refractivity contribution in [2.75, 3.05) is 11.9 Å². The van der Waals surface area contributed by atoms with Gasteiger partial charge in [0, 0.05) is 5.56 Å². The molecule has 0 saturated carbocycles. The molecule has 17 heavy (non-hydrogen) atoms. The number of aliphatic carboxylic acids is 1. The SMILES string of the molecule is N#Cc1c2cccccc-2nc1NCC(=O)O. The van der Waals surface area contributed by atoms with Gasteiger partial charge in [-0.25, -0.2) is 4.98 Å². The van der Waals surface area contributed by atoms with E-state index in [0.717, 1.165) is 0 Å². The van der Waals surface area contributed by atoms with E-state index in [0.29, 0.717) is 22.6 Å². The summed E-state index contributed by atoms with van der Waals surface area (Å²) >= 11 is 0. The molecule has 5 nitrogen and oxygen atoms in total. The molecule has 1 heterocycles. The number of fused-ring (bicyclic) bond motifs is 1. The summed E-state index contributed by atoms with van der Waals surface area (Å²) in [6, 6.07) is 11.1. The smallest absolute Gasteiger partial charge is 0.322 e. The predicted octanol–water partition coefficient (Wildman–Crippen LogP) is 1.55. The summed E-state index contributed by atoms with van der Waals surface area (Å²) in [4.78, 5) is 14.7. The van der Waals surface area contributed by atoms with Crippen molar-refractivity contribution in [1.29, 1.82) is 5.26 Å². The number of rotatable bonds is 3. The number of hydrogen-bond acceptors (Lipinski definition) is 4. The molecule has 0 fully saturated rings. The van der Waals surface area contributed by atoms with Gasteiger partial charge in [0.25, 0.3) is 0 Å². The zero-order valence-electron chi connectivity index (χ0n) is 8.84. The number of aromatic nitrogens is 1. The molecule has 2 rings (SSSR count). The van der Waals surface area contributed by atoms with Crippen molar-refractivity contribution in [1.82, 2.24) is 4.98 Å². The zero-order chi connectivity index (χ0) is 12.3. The van der Waals surface area contributed by atoms with Crippen LogP contribution < -0.4 is 5.32 Å². The quantitative estimate of drug-likeness (QED) is 0.830. The van der Waals surface area contributed by atoms with Crippen molar-refractivity contribution in [3.8, 4) is 17.3 Å². The maximum absolute atomic E-state index is 10.5. The Morgan fingerprint density at radius 2 is 2.18 bits per heavy atom. The summed E-state index contributed by atoms with van der Waals surface area (Å²) in [6.45, 7) is -0.260. The Kier molecular flexibility index (Phi) is 2.88. The van der Waals surface area contributed by atoms with E-state index in [-0.39, 0.29) is 6.54 Å². The minimum Gasteiger partial charge on any atom is -0.480 e. The summed E-state index contributed by atoms with van der Waals surface area (Å²) in [5.74, 6) is -0.678. The highest BCUT2D eigenvalue weighted by atomic mass is 16.4. The first kappa shape index (κ1) is 10.9. The lowest BCUT2D eigenvalue weighted by molar-refractivity contribution is -0.134. The maximum atomic E-state index is 10.5. The van der Waals surface area contributed by atoms with Crippen molar-refractivity contribution in [3.63, 3.8) is 0 Å². The third kappa shape index (κ3) is 2.16. The van der Waals surface area contributed by atoms with Gasteiger partial charge in [0.15, 0.2) is 0 Å². The number of nitriles is 1. The average Bonchev–Trinajstić information content (AvgIpc) is 2.46. The number of carboxylic acid groups (broad SMARTS) is 1. The highest BCUT2D eigenvalue weighted by Crippen LogP contribution is 2.29. The molecule has 1 aliphatic heterocycles. The Morgan fingerprint density at radius 3 is 2.88 bits per heavy atom. The first-order chi connectivity index (χ1) is 8.22. The molecule has 0 aromatic carbocycles. The first-order valence-electron chi connectivity index (χ1n) is 4.97. The van der Waals surface area contributed by atoms with Crippen LogP contribution >= 0.6 is 0 Å². The maximum Gasteiger partial charge on any atom is 0.322 e. The van der Waals surface area contributed by atoms with Crippen molar-refractivity contribution in [3.05, 3.63) is 35.9 Å². The van der Waals surface area contributed by atoms with Crippen LogP contribution in [0.25, 0.3) is 11.3 Å². The average molecular weight is 227 g/mol. The molecule has 0 atom stereocenters. The Balaban J connectivity index is 2.46. The van der Waals surface area contributed by atoms with Crippen LogP contribution in [0.4, 0.5) is 5.82 Å². The highest BCUT2D eigenvalue weighted by Gasteiger charge is 2.16. The Morgan fingerprint density at radius 1 is 1.41 bits per heavy atom. The first-order valence-corrected chi connectivity index (χ1v) is 4.97. The Labute approximate surface area is 97.7 Å². The van der Waals surface area contributed by atoms with E-state index in [1.165, 1.54) is 0 Å². The molecule has 0 aromatic rings. The molecule has 84 valence electrons. The zero-order valence-corrected chi connectivity index (χ0v) is 8.84. The molecule has 0 bridgehead atoms. The largest absolute Gasteiger partial charge is 0.480 e. The van der Waals surface area contributed by atoms with Crippen LogP contribution in [-0.2, 0) is 4.79 Å². The number of nitrogens with one attached hydrogen (secondary N) is 1. The van der Waals surface area contributed by atoms with Crippen LogP contribution in [0.5, 0.6) is 0 Å². The van der Waals surface area contributed by atoms with Crippen LogP contribution in [0.1, 0.15) is 5.56 Å². The molecule has 1 aliphatic carbocycles. The van der Waals surface area contributed by atoms with Gasteiger partial charge in [0.05, 0.1) is 5.69 Å². The van der Waals surface area contributed by atoms with Crippen LogP contribution in [-0.4, -0.2) is 22.6 Å². The molecule has 0 aromatic heterocycles. The van der Waals surface area contributed by atoms with Crippen LogP contribution in [0.3, 0.4) is 0 Å². The molecule has 0 spiro atoms. The fourth-order valence-corrected chi connectivity index (χ4v) is 1.55. The van der Waals surface area contributed by atoms with Crippen LogP contribution in [0, 0.1) is 11.3 Å². The Bertz CT molecular complexity index is 575. The van der Waals surface area contributed by atoms with Gasteiger partial charge < -0.3 is 10.4 Å². The molecule has 2 aliphatic rings. The summed E-state index contributed by atoms with van der Waals surface area (Å²) < 4.78 is 0. The van der Waals surface area contributed by atoms with Gasteiger partial charge in [0.2, 0.25) is 0 Å². The van der Waals surface area contributed by atoms with Gasteiger partial charge in [-0.1, -0.05) is 24.3 Å². The van der Waals surface area contributed by atoms with E-state index < -0.39 is 5.97 Å². The minimum atomic E-state index is -0.994.